The number of carbonyl (C=O) groups is 1. The van der Waals surface area contributed by atoms with E-state index in [1.165, 1.54) is 0 Å². The molecular formula is C21H22N4O2. The average molecular weight is 362 g/mol. The molecule has 4 rings (SSSR count). The van der Waals surface area contributed by atoms with Crippen LogP contribution in [0.4, 0.5) is 0 Å². The molecular weight excluding hydrogens is 340 g/mol. The van der Waals surface area contributed by atoms with E-state index in [1.54, 1.807) is 0 Å². The fraction of sp³-hybridized carbons (Fsp3) is 0.286. The highest BCUT2D eigenvalue weighted by Crippen LogP contribution is 2.26. The molecule has 0 bridgehead atoms. The molecule has 0 N–H and O–H groups in total. The van der Waals surface area contributed by atoms with Crippen LogP contribution in [0.5, 0.6) is 5.75 Å². The van der Waals surface area contributed by atoms with E-state index in [9.17, 15) is 4.79 Å². The van der Waals surface area contributed by atoms with Crippen LogP contribution in [0.2, 0.25) is 0 Å². The molecule has 138 valence electrons. The predicted molar refractivity (Wildman–Crippen MR) is 102 cm³/mol. The van der Waals surface area contributed by atoms with Crippen LogP contribution < -0.4 is 4.74 Å². The highest BCUT2D eigenvalue weighted by Gasteiger charge is 2.31. The van der Waals surface area contributed by atoms with Crippen LogP contribution in [0.1, 0.15) is 24.4 Å². The average Bonchev–Trinajstić information content (AvgIpc) is 3.13. The lowest BCUT2D eigenvalue weighted by Crippen LogP contribution is -2.43. The van der Waals surface area contributed by atoms with Crippen LogP contribution in [0, 0.1) is 6.92 Å². The maximum atomic E-state index is 12.7. The van der Waals surface area contributed by atoms with Crippen molar-refractivity contribution in [3.63, 3.8) is 0 Å². The lowest BCUT2D eigenvalue weighted by Gasteiger charge is -2.32. The summed E-state index contributed by atoms with van der Waals surface area (Å²) in [5.74, 6) is 2.21. The Morgan fingerprint density at radius 2 is 1.85 bits per heavy atom. The lowest BCUT2D eigenvalue weighted by atomic mass is 10.2. The molecule has 2 heterocycles. The zero-order valence-electron chi connectivity index (χ0n) is 15.5. The van der Waals surface area contributed by atoms with Crippen LogP contribution in [0.15, 0.2) is 54.6 Å². The summed E-state index contributed by atoms with van der Waals surface area (Å²) in [7, 11) is 0. The van der Waals surface area contributed by atoms with Gasteiger partial charge in [0.25, 0.3) is 5.91 Å². The van der Waals surface area contributed by atoms with Crippen molar-refractivity contribution in [1.82, 2.24) is 19.7 Å². The molecule has 6 heteroatoms. The Morgan fingerprint density at radius 1 is 1.11 bits per heavy atom. The third-order valence-corrected chi connectivity index (χ3v) is 4.89. The predicted octanol–water partition coefficient (Wildman–Crippen LogP) is 3.24. The molecule has 0 spiro atoms. The van der Waals surface area contributed by atoms with E-state index in [2.05, 4.69) is 10.1 Å². The van der Waals surface area contributed by atoms with Gasteiger partial charge in [0.05, 0.1) is 12.6 Å². The van der Waals surface area contributed by atoms with E-state index in [-0.39, 0.29) is 18.6 Å². The molecule has 1 aliphatic rings. The molecule has 6 nitrogen and oxygen atoms in total. The number of carbonyl (C=O) groups excluding carboxylic acids is 1. The number of para-hydroxylation sites is 1. The van der Waals surface area contributed by atoms with Gasteiger partial charge in [0.15, 0.2) is 12.4 Å². The zero-order valence-corrected chi connectivity index (χ0v) is 15.5. The third kappa shape index (κ3) is 3.43. The Hall–Kier alpha value is -3.15. The maximum absolute atomic E-state index is 12.7. The zero-order chi connectivity index (χ0) is 18.8. The first-order chi connectivity index (χ1) is 13.1. The molecule has 3 aromatic rings. The number of ether oxygens (including phenoxy) is 1. The van der Waals surface area contributed by atoms with Gasteiger partial charge in [-0.25, -0.2) is 9.67 Å². The second-order valence-corrected chi connectivity index (χ2v) is 6.70. The van der Waals surface area contributed by atoms with E-state index < -0.39 is 0 Å². The van der Waals surface area contributed by atoms with Crippen molar-refractivity contribution in [2.75, 3.05) is 13.2 Å². The Balaban J connectivity index is 1.48. The quantitative estimate of drug-likeness (QED) is 0.715. The first-order valence-corrected chi connectivity index (χ1v) is 9.11. The summed E-state index contributed by atoms with van der Waals surface area (Å²) in [6.07, 6.45) is 0. The minimum absolute atomic E-state index is 0.0227. The number of rotatable bonds is 4. The van der Waals surface area contributed by atoms with E-state index in [4.69, 9.17) is 4.74 Å². The maximum Gasteiger partial charge on any atom is 0.261 e. The van der Waals surface area contributed by atoms with Gasteiger partial charge in [-0.05, 0) is 25.5 Å². The largest absolute Gasteiger partial charge is 0.484 e. The molecule has 1 atom stereocenters. The van der Waals surface area contributed by atoms with Crippen LogP contribution >= 0.6 is 0 Å². The van der Waals surface area contributed by atoms with Crippen molar-refractivity contribution < 1.29 is 9.53 Å². The van der Waals surface area contributed by atoms with Gasteiger partial charge in [-0.3, -0.25) is 4.79 Å². The van der Waals surface area contributed by atoms with E-state index in [1.807, 2.05) is 78.0 Å². The van der Waals surface area contributed by atoms with Crippen molar-refractivity contribution in [2.24, 2.45) is 0 Å². The topological polar surface area (TPSA) is 60.2 Å². The normalized spacial score (nSPS) is 16.1. The Morgan fingerprint density at radius 3 is 2.63 bits per heavy atom. The molecule has 1 aromatic heterocycles. The van der Waals surface area contributed by atoms with Gasteiger partial charge in [0, 0.05) is 12.1 Å². The second kappa shape index (κ2) is 7.23. The Bertz CT molecular complexity index is 952. The Kier molecular flexibility index (Phi) is 4.62. The van der Waals surface area contributed by atoms with Gasteiger partial charge in [0.2, 0.25) is 0 Å². The summed E-state index contributed by atoms with van der Waals surface area (Å²) in [6.45, 7) is 5.21. The number of hydrogen-bond donors (Lipinski definition) is 0. The van der Waals surface area contributed by atoms with Gasteiger partial charge in [0.1, 0.15) is 11.6 Å². The van der Waals surface area contributed by atoms with E-state index >= 15 is 0 Å². The van der Waals surface area contributed by atoms with Crippen LogP contribution in [0.3, 0.4) is 0 Å². The van der Waals surface area contributed by atoms with Crippen molar-refractivity contribution in [3.05, 3.63) is 66.0 Å². The van der Waals surface area contributed by atoms with E-state index in [0.717, 1.165) is 22.7 Å². The van der Waals surface area contributed by atoms with Gasteiger partial charge in [-0.1, -0.05) is 48.5 Å². The van der Waals surface area contributed by atoms with Crippen molar-refractivity contribution >= 4 is 5.91 Å². The Labute approximate surface area is 158 Å². The summed E-state index contributed by atoms with van der Waals surface area (Å²) in [6, 6.07) is 17.5. The van der Waals surface area contributed by atoms with Crippen LogP contribution in [-0.2, 0) is 11.3 Å². The molecule has 0 radical (unpaired) electrons. The fourth-order valence-electron chi connectivity index (χ4n) is 3.35. The third-order valence-electron chi connectivity index (χ3n) is 4.89. The second-order valence-electron chi connectivity index (χ2n) is 6.70. The number of aromatic nitrogens is 3. The smallest absolute Gasteiger partial charge is 0.261 e. The summed E-state index contributed by atoms with van der Waals surface area (Å²) in [5.41, 5.74) is 2.00. The highest BCUT2D eigenvalue weighted by atomic mass is 16.5. The van der Waals surface area contributed by atoms with Crippen LogP contribution in [0.25, 0.3) is 11.4 Å². The van der Waals surface area contributed by atoms with Gasteiger partial charge in [-0.2, -0.15) is 5.10 Å². The highest BCUT2D eigenvalue weighted by molar-refractivity contribution is 5.78. The first kappa shape index (κ1) is 17.3. The molecule has 0 fully saturated rings. The lowest BCUT2D eigenvalue weighted by molar-refractivity contribution is -0.136. The van der Waals surface area contributed by atoms with Crippen molar-refractivity contribution in [3.8, 4) is 17.1 Å². The number of fused-ring (bicyclic) bond motifs is 1. The number of amides is 1. The summed E-state index contributed by atoms with van der Waals surface area (Å²) in [5, 5.41) is 4.61. The first-order valence-electron chi connectivity index (χ1n) is 9.11. The summed E-state index contributed by atoms with van der Waals surface area (Å²) < 4.78 is 7.63. The standard InChI is InChI=1S/C21H22N4O2/c1-15-8-6-7-11-18(15)27-14-19(26)24-12-13-25-21(16(24)2)22-20(23-25)17-9-4-3-5-10-17/h3-11,16H,12-14H2,1-2H3/t16-/m0/s1. The molecule has 1 aliphatic heterocycles. The number of benzene rings is 2. The molecule has 27 heavy (non-hydrogen) atoms. The molecule has 0 saturated carbocycles. The number of nitrogens with zero attached hydrogens (tertiary/aromatic N) is 4. The van der Waals surface area contributed by atoms with E-state index in [0.29, 0.717) is 18.9 Å². The number of hydrogen-bond acceptors (Lipinski definition) is 4. The summed E-state index contributed by atoms with van der Waals surface area (Å²) in [4.78, 5) is 19.2. The van der Waals surface area contributed by atoms with Crippen molar-refractivity contribution in [2.45, 2.75) is 26.4 Å². The van der Waals surface area contributed by atoms with Crippen molar-refractivity contribution in [1.29, 1.82) is 0 Å². The van der Waals surface area contributed by atoms with Gasteiger partial charge >= 0.3 is 0 Å². The minimum atomic E-state index is -0.142. The SMILES string of the molecule is Cc1ccccc1OCC(=O)N1CCn2nc(-c3ccccc3)nc2[C@@H]1C. The monoisotopic (exact) mass is 362 g/mol. The minimum Gasteiger partial charge on any atom is -0.484 e. The fourth-order valence-corrected chi connectivity index (χ4v) is 3.35. The molecule has 2 aromatic carbocycles. The van der Waals surface area contributed by atoms with Gasteiger partial charge < -0.3 is 9.64 Å². The van der Waals surface area contributed by atoms with Crippen LogP contribution in [-0.4, -0.2) is 38.7 Å². The number of aryl methyl sites for hydroxylation is 1. The van der Waals surface area contributed by atoms with Gasteiger partial charge in [-0.15, -0.1) is 0 Å². The molecule has 0 unspecified atom stereocenters. The summed E-state index contributed by atoms with van der Waals surface area (Å²) >= 11 is 0. The molecule has 0 aliphatic carbocycles. The molecule has 1 amide bonds. The molecule has 0 saturated heterocycles.